The molecule has 5 atom stereocenters. The minimum Gasteiger partial charge on any atom is -0.462 e. The smallest absolute Gasteiger partial charge is 0.462 e. The third-order valence-corrected chi connectivity index (χ3v) is 17.0. The van der Waals surface area contributed by atoms with Gasteiger partial charge in [0.25, 0.3) is 0 Å². The summed E-state index contributed by atoms with van der Waals surface area (Å²) in [7, 11) is -9.89. The molecule has 85 heavy (non-hydrogen) atoms. The topological polar surface area (TPSA) is 237 Å². The van der Waals surface area contributed by atoms with Crippen LogP contribution in [-0.2, 0) is 65.4 Å². The highest BCUT2D eigenvalue weighted by Gasteiger charge is 2.30. The van der Waals surface area contributed by atoms with Crippen molar-refractivity contribution >= 4 is 39.5 Å². The Labute approximate surface area is 517 Å². The molecule has 0 aliphatic carbocycles. The summed E-state index contributed by atoms with van der Waals surface area (Å²) >= 11 is 0. The van der Waals surface area contributed by atoms with Gasteiger partial charge in [0.2, 0.25) is 0 Å². The minimum absolute atomic E-state index is 0.100. The summed E-state index contributed by atoms with van der Waals surface area (Å²) < 4.78 is 68.0. The van der Waals surface area contributed by atoms with Gasteiger partial charge < -0.3 is 33.8 Å². The maximum Gasteiger partial charge on any atom is 0.472 e. The van der Waals surface area contributed by atoms with Crippen LogP contribution in [0.1, 0.15) is 319 Å². The predicted octanol–water partition coefficient (Wildman–Crippen LogP) is 18.1. The van der Waals surface area contributed by atoms with E-state index in [2.05, 4.69) is 55.4 Å². The third kappa shape index (κ3) is 60.7. The molecule has 0 radical (unpaired) electrons. The first-order valence-electron chi connectivity index (χ1n) is 34.2. The average Bonchev–Trinajstić information content (AvgIpc) is 3.47. The van der Waals surface area contributed by atoms with Gasteiger partial charge in [-0.2, -0.15) is 0 Å². The van der Waals surface area contributed by atoms with Crippen molar-refractivity contribution in [1.82, 2.24) is 0 Å². The number of esters is 4. The Morgan fingerprint density at radius 2 is 0.494 bits per heavy atom. The molecule has 3 N–H and O–H groups in total. The standard InChI is InChI=1S/C66H128O17P2/c1-56(2)42-34-26-18-14-12-10-9-11-13-15-21-32-40-48-65(70)82-61(52-76-63(68)46-38-30-20-17-16-19-27-35-43-57(3)4)54-80-84(72,73)78-50-60(67)51-79-85(74,75)81-55-62(83-66(71)49-41-33-25-23-29-37-45-59(7)8)53-77-64(69)47-39-31-24-22-28-36-44-58(5)6/h56-62,67H,9-55H2,1-8H3,(H,72,73)(H,74,75)/t60-,61-,62-/m1/s1. The number of carbonyl (C=O) groups is 4. The van der Waals surface area contributed by atoms with Gasteiger partial charge in [0.15, 0.2) is 12.2 Å². The number of phosphoric acid groups is 2. The first kappa shape index (κ1) is 83.1. The Balaban J connectivity index is 5.22. The maximum absolute atomic E-state index is 13.0. The Bertz CT molecular complexity index is 1700. The van der Waals surface area contributed by atoms with Gasteiger partial charge in [0.1, 0.15) is 19.3 Å². The van der Waals surface area contributed by atoms with Gasteiger partial charge in [-0.05, 0) is 49.4 Å². The van der Waals surface area contributed by atoms with Crippen LogP contribution in [-0.4, -0.2) is 96.7 Å². The second-order valence-electron chi connectivity index (χ2n) is 25.8. The van der Waals surface area contributed by atoms with Gasteiger partial charge >= 0.3 is 39.5 Å². The summed E-state index contributed by atoms with van der Waals surface area (Å²) in [4.78, 5) is 72.2. The lowest BCUT2D eigenvalue weighted by atomic mass is 10.0. The van der Waals surface area contributed by atoms with E-state index in [4.69, 9.17) is 37.0 Å². The summed E-state index contributed by atoms with van der Waals surface area (Å²) in [6.07, 6.45) is 36.6. The molecule has 0 spiro atoms. The zero-order valence-corrected chi connectivity index (χ0v) is 57.0. The summed E-state index contributed by atoms with van der Waals surface area (Å²) in [6, 6.07) is 0. The second kappa shape index (κ2) is 56.1. The van der Waals surface area contributed by atoms with Crippen LogP contribution in [0.15, 0.2) is 0 Å². The molecule has 0 rings (SSSR count). The largest absolute Gasteiger partial charge is 0.472 e. The highest BCUT2D eigenvalue weighted by molar-refractivity contribution is 7.47. The molecule has 0 heterocycles. The number of aliphatic hydroxyl groups is 1. The lowest BCUT2D eigenvalue weighted by Crippen LogP contribution is -2.30. The van der Waals surface area contributed by atoms with E-state index in [9.17, 15) is 43.2 Å². The fourth-order valence-corrected chi connectivity index (χ4v) is 11.4. The van der Waals surface area contributed by atoms with Crippen molar-refractivity contribution in [1.29, 1.82) is 0 Å². The number of hydrogen-bond donors (Lipinski definition) is 3. The number of aliphatic hydroxyl groups excluding tert-OH is 1. The lowest BCUT2D eigenvalue weighted by Gasteiger charge is -2.21. The van der Waals surface area contributed by atoms with E-state index in [1.807, 2.05) is 0 Å². The van der Waals surface area contributed by atoms with Gasteiger partial charge in [-0.3, -0.25) is 37.3 Å². The maximum atomic E-state index is 13.0. The number of ether oxygens (including phenoxy) is 4. The number of phosphoric ester groups is 2. The van der Waals surface area contributed by atoms with Crippen LogP contribution in [0.25, 0.3) is 0 Å². The van der Waals surface area contributed by atoms with E-state index < -0.39 is 97.5 Å². The lowest BCUT2D eigenvalue weighted by molar-refractivity contribution is -0.161. The first-order chi connectivity index (χ1) is 40.6. The van der Waals surface area contributed by atoms with Crippen LogP contribution in [0.3, 0.4) is 0 Å². The average molecular weight is 1260 g/mol. The second-order valence-corrected chi connectivity index (χ2v) is 28.7. The van der Waals surface area contributed by atoms with Crippen molar-refractivity contribution in [3.8, 4) is 0 Å². The van der Waals surface area contributed by atoms with E-state index in [0.717, 1.165) is 108 Å². The number of rotatable bonds is 63. The SMILES string of the molecule is CC(C)CCCCCCCCCCCCCCCC(=O)O[C@H](COC(=O)CCCCCCCCCCC(C)C)COP(=O)(O)OC[C@@H](O)COP(=O)(O)OC[C@@H](COC(=O)CCCCCCCCC(C)C)OC(=O)CCCCCCCCC(C)C. The molecule has 17 nitrogen and oxygen atoms in total. The molecule has 504 valence electrons. The molecule has 0 saturated heterocycles. The van der Waals surface area contributed by atoms with E-state index in [0.29, 0.717) is 37.5 Å². The quantitative estimate of drug-likeness (QED) is 0.0222. The van der Waals surface area contributed by atoms with Crippen LogP contribution < -0.4 is 0 Å². The third-order valence-electron chi connectivity index (χ3n) is 15.1. The summed E-state index contributed by atoms with van der Waals surface area (Å²) in [6.45, 7) is 13.9. The normalized spacial score (nSPS) is 14.4. The highest BCUT2D eigenvalue weighted by Crippen LogP contribution is 2.45. The molecule has 0 fully saturated rings. The molecular weight excluding hydrogens is 1130 g/mol. The van der Waals surface area contributed by atoms with Gasteiger partial charge in [0.05, 0.1) is 26.4 Å². The Kier molecular flexibility index (Phi) is 54.8. The van der Waals surface area contributed by atoms with Crippen molar-refractivity contribution in [3.63, 3.8) is 0 Å². The zero-order chi connectivity index (χ0) is 63.2. The van der Waals surface area contributed by atoms with Crippen LogP contribution in [0.2, 0.25) is 0 Å². The molecule has 0 aromatic rings. The molecule has 0 aromatic heterocycles. The predicted molar refractivity (Wildman–Crippen MR) is 340 cm³/mol. The monoisotopic (exact) mass is 1250 g/mol. The molecule has 0 saturated carbocycles. The molecule has 19 heteroatoms. The van der Waals surface area contributed by atoms with Crippen molar-refractivity contribution in [2.45, 2.75) is 337 Å². The highest BCUT2D eigenvalue weighted by atomic mass is 31.2. The molecule has 0 aliphatic heterocycles. The number of unbranched alkanes of at least 4 members (excludes halogenated alkanes) is 29. The molecule has 0 aliphatic rings. The van der Waals surface area contributed by atoms with Crippen LogP contribution in [0, 0.1) is 23.7 Å². The molecule has 0 amide bonds. The summed E-state index contributed by atoms with van der Waals surface area (Å²) in [5.41, 5.74) is 0. The van der Waals surface area contributed by atoms with Crippen LogP contribution in [0.4, 0.5) is 0 Å². The molecule has 0 aromatic carbocycles. The van der Waals surface area contributed by atoms with E-state index in [-0.39, 0.29) is 25.7 Å². The Morgan fingerprint density at radius 1 is 0.294 bits per heavy atom. The summed E-state index contributed by atoms with van der Waals surface area (Å²) in [5, 5.41) is 10.5. The van der Waals surface area contributed by atoms with Crippen molar-refractivity contribution < 1.29 is 80.2 Å². The molecule has 0 bridgehead atoms. The van der Waals surface area contributed by atoms with Crippen molar-refractivity contribution in [2.24, 2.45) is 23.7 Å². The van der Waals surface area contributed by atoms with Crippen molar-refractivity contribution in [2.75, 3.05) is 39.6 Å². The fourth-order valence-electron chi connectivity index (χ4n) is 9.78. The van der Waals surface area contributed by atoms with Gasteiger partial charge in [-0.25, -0.2) is 9.13 Å². The first-order valence-corrected chi connectivity index (χ1v) is 37.2. The van der Waals surface area contributed by atoms with E-state index in [1.54, 1.807) is 0 Å². The van der Waals surface area contributed by atoms with Gasteiger partial charge in [-0.1, -0.05) is 267 Å². The minimum atomic E-state index is -4.95. The fraction of sp³-hybridized carbons (Fsp3) is 0.939. The molecular formula is C66H128O17P2. The zero-order valence-electron chi connectivity index (χ0n) is 55.2. The summed E-state index contributed by atoms with van der Waals surface area (Å²) in [5.74, 6) is 0.720. The van der Waals surface area contributed by atoms with Crippen LogP contribution in [0.5, 0.6) is 0 Å². The van der Waals surface area contributed by atoms with E-state index >= 15 is 0 Å². The Morgan fingerprint density at radius 3 is 0.729 bits per heavy atom. The van der Waals surface area contributed by atoms with Gasteiger partial charge in [-0.15, -0.1) is 0 Å². The van der Waals surface area contributed by atoms with Gasteiger partial charge in [0, 0.05) is 25.7 Å². The number of carbonyl (C=O) groups excluding carboxylic acids is 4. The Hall–Kier alpha value is -1.94. The molecule has 2 unspecified atom stereocenters. The van der Waals surface area contributed by atoms with E-state index in [1.165, 1.54) is 116 Å². The van der Waals surface area contributed by atoms with Crippen molar-refractivity contribution in [3.05, 3.63) is 0 Å². The number of hydrogen-bond acceptors (Lipinski definition) is 15. The van der Waals surface area contributed by atoms with Crippen LogP contribution >= 0.6 is 15.6 Å².